The van der Waals surface area contributed by atoms with Gasteiger partial charge in [-0.2, -0.15) is 0 Å². The number of halogens is 1. The number of carbonyl (C=O) groups is 1. The number of nitrogens with zero attached hydrogens (tertiary/aromatic N) is 1. The second-order valence-corrected chi connectivity index (χ2v) is 8.62. The van der Waals surface area contributed by atoms with Gasteiger partial charge >= 0.3 is 0 Å². The van der Waals surface area contributed by atoms with Crippen LogP contribution in [0.2, 0.25) is 0 Å². The Labute approximate surface area is 195 Å². The first-order valence-electron chi connectivity index (χ1n) is 10.6. The normalized spacial score (nSPS) is 11.8. The van der Waals surface area contributed by atoms with Crippen LogP contribution in [0, 0.1) is 5.82 Å². The number of pyridine rings is 1. The average Bonchev–Trinajstić information content (AvgIpc) is 3.28. The average molecular weight is 462 g/mol. The predicted molar refractivity (Wildman–Crippen MR) is 130 cm³/mol. The lowest BCUT2D eigenvalue weighted by Gasteiger charge is -2.16. The zero-order valence-electron chi connectivity index (χ0n) is 18.3. The summed E-state index contributed by atoms with van der Waals surface area (Å²) in [5, 5.41) is 8.24. The summed E-state index contributed by atoms with van der Waals surface area (Å²) >= 11 is 1.69. The van der Waals surface area contributed by atoms with Crippen molar-refractivity contribution in [1.82, 2.24) is 15.2 Å². The molecule has 2 aromatic carbocycles. The van der Waals surface area contributed by atoms with Gasteiger partial charge in [-0.1, -0.05) is 30.3 Å². The van der Waals surface area contributed by atoms with Crippen molar-refractivity contribution in [1.29, 1.82) is 0 Å². The van der Waals surface area contributed by atoms with Crippen LogP contribution in [0.4, 0.5) is 4.39 Å². The number of para-hydroxylation sites is 1. The molecular formula is C26H24FN3O2S. The van der Waals surface area contributed by atoms with Crippen LogP contribution in [0.5, 0.6) is 0 Å². The maximum Gasteiger partial charge on any atom is 0.255 e. The lowest BCUT2D eigenvalue weighted by molar-refractivity contribution is 0.0939. The molecule has 0 aliphatic rings. The van der Waals surface area contributed by atoms with Crippen LogP contribution >= 0.6 is 11.3 Å². The minimum absolute atomic E-state index is 0.103. The Morgan fingerprint density at radius 2 is 1.91 bits per heavy atom. The van der Waals surface area contributed by atoms with E-state index in [1.54, 1.807) is 23.5 Å². The van der Waals surface area contributed by atoms with Gasteiger partial charge in [-0.3, -0.25) is 14.2 Å². The smallest absolute Gasteiger partial charge is 0.255 e. The molecule has 33 heavy (non-hydrogen) atoms. The Morgan fingerprint density at radius 1 is 1.09 bits per heavy atom. The van der Waals surface area contributed by atoms with E-state index in [1.165, 1.54) is 40.9 Å². The van der Waals surface area contributed by atoms with Crippen LogP contribution in [-0.4, -0.2) is 17.5 Å². The molecule has 7 heteroatoms. The molecule has 0 saturated carbocycles. The molecule has 0 fully saturated rings. The minimum Gasteiger partial charge on any atom is -0.345 e. The van der Waals surface area contributed by atoms with E-state index in [0.29, 0.717) is 0 Å². The van der Waals surface area contributed by atoms with E-state index in [0.717, 1.165) is 22.2 Å². The van der Waals surface area contributed by atoms with Gasteiger partial charge in [0.1, 0.15) is 5.82 Å². The van der Waals surface area contributed by atoms with Crippen molar-refractivity contribution >= 4 is 17.2 Å². The van der Waals surface area contributed by atoms with E-state index in [-0.39, 0.29) is 23.2 Å². The maximum atomic E-state index is 14.2. The number of amides is 1. The van der Waals surface area contributed by atoms with Crippen molar-refractivity contribution in [2.24, 2.45) is 0 Å². The van der Waals surface area contributed by atoms with Gasteiger partial charge in [0.15, 0.2) is 0 Å². The number of carbonyl (C=O) groups excluding carboxylic acids is 1. The monoisotopic (exact) mass is 461 g/mol. The van der Waals surface area contributed by atoms with E-state index in [2.05, 4.69) is 34.2 Å². The van der Waals surface area contributed by atoms with Crippen molar-refractivity contribution in [3.63, 3.8) is 0 Å². The van der Waals surface area contributed by atoms with Gasteiger partial charge < -0.3 is 10.6 Å². The van der Waals surface area contributed by atoms with E-state index in [1.807, 2.05) is 26.1 Å². The largest absolute Gasteiger partial charge is 0.345 e. The van der Waals surface area contributed by atoms with Crippen LogP contribution in [0.25, 0.3) is 16.1 Å². The van der Waals surface area contributed by atoms with Gasteiger partial charge in [0.05, 0.1) is 17.3 Å². The molecule has 2 N–H and O–H groups in total. The van der Waals surface area contributed by atoms with Crippen LogP contribution < -0.4 is 16.2 Å². The van der Waals surface area contributed by atoms with Gasteiger partial charge in [-0.05, 0) is 66.4 Å². The summed E-state index contributed by atoms with van der Waals surface area (Å²) < 4.78 is 15.3. The Kier molecular flexibility index (Phi) is 6.82. The first kappa shape index (κ1) is 22.6. The lowest BCUT2D eigenvalue weighted by Crippen LogP contribution is -2.28. The number of nitrogens with one attached hydrogen (secondary N) is 2. The molecule has 1 amide bonds. The molecule has 5 nitrogen and oxygen atoms in total. The molecule has 2 aromatic heterocycles. The van der Waals surface area contributed by atoms with Gasteiger partial charge in [0.25, 0.3) is 11.5 Å². The predicted octanol–water partition coefficient (Wildman–Crippen LogP) is 4.92. The molecule has 0 bridgehead atoms. The van der Waals surface area contributed by atoms with E-state index >= 15 is 0 Å². The summed E-state index contributed by atoms with van der Waals surface area (Å²) in [5.41, 5.74) is 3.26. The zero-order valence-corrected chi connectivity index (χ0v) is 19.2. The van der Waals surface area contributed by atoms with Crippen molar-refractivity contribution in [3.8, 4) is 16.1 Å². The summed E-state index contributed by atoms with van der Waals surface area (Å²) in [7, 11) is 1.92. The molecule has 0 radical (unpaired) electrons. The van der Waals surface area contributed by atoms with Crippen LogP contribution in [0.15, 0.2) is 83.1 Å². The van der Waals surface area contributed by atoms with Crippen LogP contribution in [0.3, 0.4) is 0 Å². The molecule has 0 aliphatic carbocycles. The van der Waals surface area contributed by atoms with E-state index in [4.69, 9.17) is 0 Å². The van der Waals surface area contributed by atoms with Gasteiger partial charge in [-0.15, -0.1) is 11.3 Å². The highest BCUT2D eigenvalue weighted by Crippen LogP contribution is 2.31. The Morgan fingerprint density at radius 3 is 2.70 bits per heavy atom. The minimum atomic E-state index is -0.534. The first-order chi connectivity index (χ1) is 16.0. The van der Waals surface area contributed by atoms with Crippen molar-refractivity contribution in [3.05, 3.63) is 111 Å². The molecule has 168 valence electrons. The SMILES string of the molecule is CNCc1ccsc1-c1cccc(C(C)NC(=O)c2ccc(=O)n(-c3ccccc3F)c2)c1. The first-order valence-corrected chi connectivity index (χ1v) is 11.5. The summed E-state index contributed by atoms with van der Waals surface area (Å²) in [6.45, 7) is 2.69. The van der Waals surface area contributed by atoms with Crippen LogP contribution in [-0.2, 0) is 6.54 Å². The fourth-order valence-corrected chi connectivity index (χ4v) is 4.61. The molecule has 0 saturated heterocycles. The fourth-order valence-electron chi connectivity index (χ4n) is 3.69. The summed E-state index contributed by atoms with van der Waals surface area (Å²) in [4.78, 5) is 26.4. The molecule has 4 rings (SSSR count). The number of aromatic nitrogens is 1. The number of thiophene rings is 1. The Bertz CT molecular complexity index is 1350. The van der Waals surface area contributed by atoms with Crippen molar-refractivity contribution in [2.75, 3.05) is 7.05 Å². The van der Waals surface area contributed by atoms with Gasteiger partial charge in [0, 0.05) is 23.7 Å². The molecule has 1 atom stereocenters. The van der Waals surface area contributed by atoms with E-state index in [9.17, 15) is 14.0 Å². The Balaban J connectivity index is 1.56. The molecule has 0 spiro atoms. The molecule has 4 aromatic rings. The van der Waals surface area contributed by atoms with Gasteiger partial charge in [-0.25, -0.2) is 4.39 Å². The lowest BCUT2D eigenvalue weighted by atomic mass is 10.0. The zero-order chi connectivity index (χ0) is 23.4. The number of rotatable bonds is 7. The quantitative estimate of drug-likeness (QED) is 0.411. The van der Waals surface area contributed by atoms with E-state index < -0.39 is 11.4 Å². The van der Waals surface area contributed by atoms with Crippen molar-refractivity contribution < 1.29 is 9.18 Å². The third-order valence-corrected chi connectivity index (χ3v) is 6.40. The molecule has 2 heterocycles. The van der Waals surface area contributed by atoms with Gasteiger partial charge in [0.2, 0.25) is 0 Å². The third kappa shape index (κ3) is 4.94. The third-order valence-electron chi connectivity index (χ3n) is 5.40. The number of benzene rings is 2. The topological polar surface area (TPSA) is 63.1 Å². The second-order valence-electron chi connectivity index (χ2n) is 7.70. The molecule has 0 aliphatic heterocycles. The standard InChI is InChI=1S/C26H24FN3O2S/c1-17(18-6-5-7-19(14-18)25-20(15-28-2)12-13-33-25)29-26(32)21-10-11-24(31)30(16-21)23-9-4-3-8-22(23)27/h3-14,16-17,28H,15H2,1-2H3,(H,29,32). The second kappa shape index (κ2) is 9.94. The number of hydrogen-bond acceptors (Lipinski definition) is 4. The molecule has 1 unspecified atom stereocenters. The fraction of sp³-hybridized carbons (Fsp3) is 0.154. The molecular weight excluding hydrogens is 437 g/mol. The highest BCUT2D eigenvalue weighted by atomic mass is 32.1. The Hall–Kier alpha value is -3.55. The van der Waals surface area contributed by atoms with Crippen LogP contribution in [0.1, 0.15) is 34.5 Å². The summed E-state index contributed by atoms with van der Waals surface area (Å²) in [5.74, 6) is -0.876. The maximum absolute atomic E-state index is 14.2. The number of hydrogen-bond donors (Lipinski definition) is 2. The summed E-state index contributed by atoms with van der Waals surface area (Å²) in [6, 6.07) is 18.6. The highest BCUT2D eigenvalue weighted by Gasteiger charge is 2.15. The van der Waals surface area contributed by atoms with Crippen molar-refractivity contribution in [2.45, 2.75) is 19.5 Å². The highest BCUT2D eigenvalue weighted by molar-refractivity contribution is 7.13. The summed E-state index contributed by atoms with van der Waals surface area (Å²) in [6.07, 6.45) is 1.37.